The maximum absolute atomic E-state index is 12.1. The maximum Gasteiger partial charge on any atom is 0.136 e. The smallest absolute Gasteiger partial charge is 0.136 e. The molecule has 1 aliphatic heterocycles. The summed E-state index contributed by atoms with van der Waals surface area (Å²) in [6.07, 6.45) is 12.0. The molecule has 6 rings (SSSR count). The molecule has 0 amide bonds. The molecule has 1 heterocycles. The van der Waals surface area contributed by atoms with Gasteiger partial charge in [-0.05, 0) is 73.2 Å². The van der Waals surface area contributed by atoms with Crippen molar-refractivity contribution in [2.75, 3.05) is 13.2 Å². The molecule has 3 heteroatoms. The third kappa shape index (κ3) is 1.75. The van der Waals surface area contributed by atoms with E-state index < -0.39 is 0 Å². The highest BCUT2D eigenvalue weighted by molar-refractivity contribution is 5.82. The molecule has 0 aromatic carbocycles. The van der Waals surface area contributed by atoms with Crippen molar-refractivity contribution >= 4 is 5.78 Å². The molecule has 4 saturated carbocycles. The van der Waals surface area contributed by atoms with Crippen LogP contribution < -0.4 is 0 Å². The van der Waals surface area contributed by atoms with Crippen molar-refractivity contribution in [2.45, 2.75) is 57.5 Å². The summed E-state index contributed by atoms with van der Waals surface area (Å²) in [5, 5.41) is 10.1. The Morgan fingerprint density at radius 3 is 2.92 bits per heavy atom. The molecule has 1 spiro atoms. The number of ether oxygens (including phenoxy) is 1. The van der Waals surface area contributed by atoms with Crippen LogP contribution in [0.15, 0.2) is 23.3 Å². The quantitative estimate of drug-likeness (QED) is 0.731. The van der Waals surface area contributed by atoms with Crippen molar-refractivity contribution in [1.29, 1.82) is 0 Å². The van der Waals surface area contributed by atoms with Crippen LogP contribution in [0.3, 0.4) is 0 Å². The van der Waals surface area contributed by atoms with Gasteiger partial charge in [-0.15, -0.1) is 0 Å². The van der Waals surface area contributed by atoms with E-state index in [4.69, 9.17) is 4.74 Å². The standard InChI is InChI=1S/C23H30O3/c1-22-7-5-16-15-4-3-14(25)10-17(15)13(12-24)9-18(16)21(22)19-11-20(19)23(22)6-2-8-26-23/h2,6,15-16,18-21,24H,3-5,7-12H2,1H3/t15-,16?,18?,19?,20?,21?,22+,23+/m1/s1. The molecule has 0 radical (unpaired) electrons. The molecule has 8 atom stereocenters. The van der Waals surface area contributed by atoms with Gasteiger partial charge in [0.15, 0.2) is 0 Å². The van der Waals surface area contributed by atoms with Crippen LogP contribution in [0.2, 0.25) is 0 Å². The number of carbonyl (C=O) groups excluding carboxylic acids is 1. The molecular formula is C23H30O3. The van der Waals surface area contributed by atoms with Gasteiger partial charge in [0.25, 0.3) is 0 Å². The number of aliphatic hydroxyl groups excluding tert-OH is 1. The molecule has 0 saturated heterocycles. The second kappa shape index (κ2) is 5.11. The van der Waals surface area contributed by atoms with Gasteiger partial charge in [-0.1, -0.05) is 24.6 Å². The highest BCUT2D eigenvalue weighted by Gasteiger charge is 2.76. The summed E-state index contributed by atoms with van der Waals surface area (Å²) in [5.74, 6) is 4.64. The third-order valence-electron chi connectivity index (χ3n) is 9.49. The minimum absolute atomic E-state index is 0.000790. The molecule has 140 valence electrons. The fourth-order valence-corrected chi connectivity index (χ4v) is 8.55. The Labute approximate surface area is 155 Å². The zero-order chi connectivity index (χ0) is 17.7. The van der Waals surface area contributed by atoms with E-state index >= 15 is 0 Å². The predicted molar refractivity (Wildman–Crippen MR) is 98.3 cm³/mol. The lowest BCUT2D eigenvalue weighted by Gasteiger charge is -2.57. The minimum atomic E-state index is -0.000790. The van der Waals surface area contributed by atoms with Gasteiger partial charge in [0.1, 0.15) is 5.78 Å². The first-order valence-corrected chi connectivity index (χ1v) is 10.7. The van der Waals surface area contributed by atoms with E-state index in [-0.39, 0.29) is 17.6 Å². The van der Waals surface area contributed by atoms with Crippen LogP contribution in [-0.4, -0.2) is 29.7 Å². The predicted octanol–water partition coefficient (Wildman–Crippen LogP) is 3.67. The van der Waals surface area contributed by atoms with E-state index in [0.29, 0.717) is 24.0 Å². The van der Waals surface area contributed by atoms with Gasteiger partial charge in [0.05, 0.1) is 18.8 Å². The van der Waals surface area contributed by atoms with Crippen LogP contribution in [0.25, 0.3) is 0 Å². The Kier molecular flexibility index (Phi) is 3.16. The first-order valence-electron chi connectivity index (χ1n) is 10.7. The molecule has 5 aliphatic carbocycles. The summed E-state index contributed by atoms with van der Waals surface area (Å²) in [7, 11) is 0. The number of carbonyl (C=O) groups is 1. The fraction of sp³-hybridized carbons (Fsp3) is 0.783. The number of fused-ring (bicyclic) bond motifs is 9. The van der Waals surface area contributed by atoms with Crippen molar-refractivity contribution in [2.24, 2.45) is 40.9 Å². The van der Waals surface area contributed by atoms with Crippen molar-refractivity contribution in [3.63, 3.8) is 0 Å². The van der Waals surface area contributed by atoms with Crippen LogP contribution >= 0.6 is 0 Å². The molecule has 5 unspecified atom stereocenters. The molecule has 0 bridgehead atoms. The third-order valence-corrected chi connectivity index (χ3v) is 9.49. The SMILES string of the molecule is C[C@]12CCC3C(CC(CO)=C4CC(=O)CC[C@@H]43)C1C1CC1[C@@]21C=CCO1. The van der Waals surface area contributed by atoms with Crippen molar-refractivity contribution in [3.05, 3.63) is 23.3 Å². The number of ketones is 1. The molecule has 4 fully saturated rings. The van der Waals surface area contributed by atoms with Crippen molar-refractivity contribution < 1.29 is 14.6 Å². The highest BCUT2D eigenvalue weighted by Crippen LogP contribution is 2.77. The van der Waals surface area contributed by atoms with Crippen LogP contribution in [0.4, 0.5) is 0 Å². The van der Waals surface area contributed by atoms with Gasteiger partial charge in [0, 0.05) is 18.3 Å². The average molecular weight is 354 g/mol. The van der Waals surface area contributed by atoms with E-state index in [1.165, 1.54) is 30.4 Å². The number of hydrogen-bond donors (Lipinski definition) is 1. The molecule has 0 aromatic heterocycles. The second-order valence-corrected chi connectivity index (χ2v) is 10.2. The number of hydrogen-bond acceptors (Lipinski definition) is 3. The number of Topliss-reactive ketones (excluding diaryl/α,β-unsaturated/α-hetero) is 1. The summed E-state index contributed by atoms with van der Waals surface area (Å²) in [5.41, 5.74) is 2.82. The lowest BCUT2D eigenvalue weighted by molar-refractivity contribution is -0.131. The second-order valence-electron chi connectivity index (χ2n) is 10.2. The Hall–Kier alpha value is -0.930. The molecule has 26 heavy (non-hydrogen) atoms. The maximum atomic E-state index is 12.1. The van der Waals surface area contributed by atoms with E-state index in [1.807, 2.05) is 0 Å². The summed E-state index contributed by atoms with van der Waals surface area (Å²) in [4.78, 5) is 12.1. The Balaban J connectivity index is 1.42. The Morgan fingerprint density at radius 2 is 2.15 bits per heavy atom. The first-order chi connectivity index (χ1) is 12.6. The van der Waals surface area contributed by atoms with E-state index in [1.54, 1.807) is 0 Å². The molecule has 3 nitrogen and oxygen atoms in total. The summed E-state index contributed by atoms with van der Waals surface area (Å²) >= 11 is 0. The zero-order valence-electron chi connectivity index (χ0n) is 15.7. The van der Waals surface area contributed by atoms with Gasteiger partial charge in [-0.2, -0.15) is 0 Å². The van der Waals surface area contributed by atoms with Crippen LogP contribution in [0.5, 0.6) is 0 Å². The fourth-order valence-electron chi connectivity index (χ4n) is 8.55. The van der Waals surface area contributed by atoms with E-state index in [0.717, 1.165) is 49.5 Å². The van der Waals surface area contributed by atoms with Crippen LogP contribution in [0, 0.1) is 40.9 Å². The lowest BCUT2D eigenvalue weighted by Crippen LogP contribution is -2.54. The van der Waals surface area contributed by atoms with Crippen LogP contribution in [-0.2, 0) is 9.53 Å². The summed E-state index contributed by atoms with van der Waals surface area (Å²) in [6.45, 7) is 3.45. The summed E-state index contributed by atoms with van der Waals surface area (Å²) < 4.78 is 6.46. The average Bonchev–Trinajstić information content (AvgIpc) is 3.19. The van der Waals surface area contributed by atoms with Crippen molar-refractivity contribution in [1.82, 2.24) is 0 Å². The number of aliphatic hydroxyl groups is 1. The molecule has 6 aliphatic rings. The highest BCUT2D eigenvalue weighted by atomic mass is 16.5. The normalized spacial score (nSPS) is 54.2. The van der Waals surface area contributed by atoms with E-state index in [2.05, 4.69) is 19.1 Å². The Bertz CT molecular complexity index is 736. The first kappa shape index (κ1) is 16.1. The topological polar surface area (TPSA) is 46.5 Å². The van der Waals surface area contributed by atoms with Crippen molar-refractivity contribution in [3.8, 4) is 0 Å². The largest absolute Gasteiger partial charge is 0.392 e. The number of allylic oxidation sites excluding steroid dienone is 1. The van der Waals surface area contributed by atoms with Gasteiger partial charge < -0.3 is 9.84 Å². The lowest BCUT2D eigenvalue weighted by atomic mass is 9.49. The van der Waals surface area contributed by atoms with Gasteiger partial charge in [0.2, 0.25) is 0 Å². The zero-order valence-corrected chi connectivity index (χ0v) is 15.7. The van der Waals surface area contributed by atoms with Gasteiger partial charge in [-0.25, -0.2) is 0 Å². The molecule has 0 aromatic rings. The van der Waals surface area contributed by atoms with Gasteiger partial charge in [-0.3, -0.25) is 4.79 Å². The molecular weight excluding hydrogens is 324 g/mol. The monoisotopic (exact) mass is 354 g/mol. The minimum Gasteiger partial charge on any atom is -0.392 e. The molecule has 1 N–H and O–H groups in total. The van der Waals surface area contributed by atoms with Crippen LogP contribution in [0.1, 0.15) is 51.9 Å². The van der Waals surface area contributed by atoms with Gasteiger partial charge >= 0.3 is 0 Å². The number of rotatable bonds is 1. The Morgan fingerprint density at radius 1 is 1.27 bits per heavy atom. The van der Waals surface area contributed by atoms with E-state index in [9.17, 15) is 9.90 Å². The summed E-state index contributed by atoms with van der Waals surface area (Å²) in [6, 6.07) is 0.